The van der Waals surface area contributed by atoms with Crippen molar-refractivity contribution in [2.24, 2.45) is 7.05 Å². The smallest absolute Gasteiger partial charge is 0.227 e. The zero-order valence-electron chi connectivity index (χ0n) is 22.5. The molecule has 0 amide bonds. The second kappa shape index (κ2) is 9.67. The first-order valence-electron chi connectivity index (χ1n) is 13.4. The molecular formula is C28H34ClN7OSi. The highest BCUT2D eigenvalue weighted by molar-refractivity contribution is 6.76. The third kappa shape index (κ3) is 4.59. The zero-order valence-corrected chi connectivity index (χ0v) is 24.2. The van der Waals surface area contributed by atoms with Crippen LogP contribution in [0.2, 0.25) is 30.7 Å². The number of aryl methyl sites for hydroxylation is 1. The molecule has 1 unspecified atom stereocenters. The van der Waals surface area contributed by atoms with E-state index in [-0.39, 0.29) is 6.04 Å². The van der Waals surface area contributed by atoms with E-state index < -0.39 is 8.07 Å². The number of anilines is 1. The van der Waals surface area contributed by atoms with Crippen molar-refractivity contribution in [3.8, 4) is 11.1 Å². The number of fused-ring (bicyclic) bond motifs is 4. The quantitative estimate of drug-likeness (QED) is 0.153. The summed E-state index contributed by atoms with van der Waals surface area (Å²) >= 11 is 6.93. The standard InChI is InChI=1S/C28H34ClN7OSi/c1-30-18-12-19-6-7-20(13-18)36(19)25-14-31-27-22(21-8-9-24-23(26(21)29)15-34(2)33-24)16-35(28(27)32-25)17-37-10-11-38(3,4)5/h8-9,14-16,18-20H,6-7,10-13,17H2,2-5H3/t18?,19-,20+. The van der Waals surface area contributed by atoms with E-state index in [0.717, 1.165) is 77.3 Å². The second-order valence-electron chi connectivity index (χ2n) is 12.0. The lowest BCUT2D eigenvalue weighted by molar-refractivity contribution is 0.0899. The van der Waals surface area contributed by atoms with Crippen molar-refractivity contribution >= 4 is 47.6 Å². The fraction of sp³-hybridized carbons (Fsp3) is 0.500. The molecule has 8 nitrogen and oxygen atoms in total. The van der Waals surface area contributed by atoms with Crippen LogP contribution >= 0.6 is 11.6 Å². The van der Waals surface area contributed by atoms with E-state index >= 15 is 0 Å². The van der Waals surface area contributed by atoms with Crippen LogP contribution in [0.1, 0.15) is 25.7 Å². The molecule has 1 aromatic carbocycles. The van der Waals surface area contributed by atoms with Gasteiger partial charge in [0.1, 0.15) is 18.1 Å². The van der Waals surface area contributed by atoms with Gasteiger partial charge < -0.3 is 19.0 Å². The number of hydrogen-bond donors (Lipinski definition) is 0. The van der Waals surface area contributed by atoms with E-state index in [1.54, 1.807) is 4.68 Å². The van der Waals surface area contributed by atoms with Crippen molar-refractivity contribution in [2.45, 2.75) is 76.2 Å². The van der Waals surface area contributed by atoms with Crippen LogP contribution in [0, 0.1) is 6.57 Å². The lowest BCUT2D eigenvalue weighted by Crippen LogP contribution is -2.44. The molecule has 3 aromatic heterocycles. The van der Waals surface area contributed by atoms with Gasteiger partial charge in [0, 0.05) is 75.6 Å². The van der Waals surface area contributed by atoms with Crippen LogP contribution < -0.4 is 4.90 Å². The van der Waals surface area contributed by atoms with Crippen molar-refractivity contribution < 1.29 is 4.74 Å². The Morgan fingerprint density at radius 2 is 1.89 bits per heavy atom. The van der Waals surface area contributed by atoms with Gasteiger partial charge >= 0.3 is 0 Å². The summed E-state index contributed by atoms with van der Waals surface area (Å²) in [6.07, 6.45) is 9.98. The van der Waals surface area contributed by atoms with E-state index in [1.807, 2.05) is 31.6 Å². The Kier molecular flexibility index (Phi) is 6.45. The highest BCUT2D eigenvalue weighted by Gasteiger charge is 2.44. The zero-order chi connectivity index (χ0) is 26.6. The van der Waals surface area contributed by atoms with Crippen LogP contribution in [0.4, 0.5) is 5.82 Å². The third-order valence-corrected chi connectivity index (χ3v) is 10.1. The van der Waals surface area contributed by atoms with Gasteiger partial charge in [-0.15, -0.1) is 0 Å². The van der Waals surface area contributed by atoms with Crippen molar-refractivity contribution in [3.63, 3.8) is 0 Å². The summed E-state index contributed by atoms with van der Waals surface area (Å²) in [5.74, 6) is 0.898. The summed E-state index contributed by atoms with van der Waals surface area (Å²) in [6, 6.07) is 5.98. The summed E-state index contributed by atoms with van der Waals surface area (Å²) < 4.78 is 10.0. The molecule has 2 bridgehead atoms. The third-order valence-electron chi connectivity index (χ3n) is 7.96. The molecule has 4 aromatic rings. The van der Waals surface area contributed by atoms with Gasteiger partial charge in [0.15, 0.2) is 5.65 Å². The van der Waals surface area contributed by atoms with Crippen molar-refractivity contribution in [3.05, 3.63) is 47.2 Å². The predicted molar refractivity (Wildman–Crippen MR) is 155 cm³/mol. The monoisotopic (exact) mass is 547 g/mol. The van der Waals surface area contributed by atoms with Crippen LogP contribution in [0.3, 0.4) is 0 Å². The number of aromatic nitrogens is 5. The summed E-state index contributed by atoms with van der Waals surface area (Å²) in [7, 11) is 0.711. The number of benzene rings is 1. The Morgan fingerprint density at radius 1 is 1.13 bits per heavy atom. The second-order valence-corrected chi connectivity index (χ2v) is 18.0. The first-order chi connectivity index (χ1) is 18.2. The average Bonchev–Trinajstić information content (AvgIpc) is 3.52. The number of nitrogens with zero attached hydrogens (tertiary/aromatic N) is 7. The van der Waals surface area contributed by atoms with Gasteiger partial charge in [0.2, 0.25) is 6.04 Å². The summed E-state index contributed by atoms with van der Waals surface area (Å²) in [5.41, 5.74) is 4.35. The van der Waals surface area contributed by atoms with E-state index in [4.69, 9.17) is 32.9 Å². The molecule has 5 heterocycles. The Morgan fingerprint density at radius 3 is 2.61 bits per heavy atom. The Hall–Kier alpha value is -2.93. The fourth-order valence-electron chi connectivity index (χ4n) is 6.01. The minimum Gasteiger partial charge on any atom is -0.361 e. The van der Waals surface area contributed by atoms with Gasteiger partial charge in [0.25, 0.3) is 0 Å². The molecule has 2 aliphatic rings. The lowest BCUT2D eigenvalue weighted by Gasteiger charge is -2.35. The number of hydrogen-bond acceptors (Lipinski definition) is 5. The molecule has 0 saturated carbocycles. The van der Waals surface area contributed by atoms with E-state index in [2.05, 4.69) is 45.2 Å². The van der Waals surface area contributed by atoms with Gasteiger partial charge in [0.05, 0.1) is 16.7 Å². The minimum atomic E-state index is -1.19. The molecule has 6 rings (SSSR count). The van der Waals surface area contributed by atoms with Crippen LogP contribution in [0.5, 0.6) is 0 Å². The van der Waals surface area contributed by atoms with Crippen LogP contribution in [0.15, 0.2) is 30.7 Å². The molecule has 10 heteroatoms. The Labute approximate surface area is 229 Å². The molecule has 0 aliphatic carbocycles. The molecule has 2 fully saturated rings. The molecule has 2 aliphatic heterocycles. The Balaban J connectivity index is 1.40. The first kappa shape index (κ1) is 25.4. The van der Waals surface area contributed by atoms with Crippen molar-refractivity contribution in [2.75, 3.05) is 11.5 Å². The highest BCUT2D eigenvalue weighted by Crippen LogP contribution is 2.41. The first-order valence-corrected chi connectivity index (χ1v) is 17.5. The average molecular weight is 548 g/mol. The number of piperidine rings is 1. The topological polar surface area (TPSA) is 65.4 Å². The van der Waals surface area contributed by atoms with Crippen LogP contribution in [-0.2, 0) is 18.5 Å². The molecule has 38 heavy (non-hydrogen) atoms. The predicted octanol–water partition coefficient (Wildman–Crippen LogP) is 6.37. The normalized spacial score (nSPS) is 21.5. The van der Waals surface area contributed by atoms with Crippen molar-refractivity contribution in [1.29, 1.82) is 0 Å². The fourth-order valence-corrected chi connectivity index (χ4v) is 7.08. The van der Waals surface area contributed by atoms with E-state index in [0.29, 0.717) is 23.8 Å². The molecule has 2 saturated heterocycles. The van der Waals surface area contributed by atoms with Gasteiger partial charge in [-0.05, 0) is 25.0 Å². The highest BCUT2D eigenvalue weighted by atomic mass is 35.5. The van der Waals surface area contributed by atoms with Crippen molar-refractivity contribution in [1.82, 2.24) is 24.3 Å². The number of halogens is 1. The largest absolute Gasteiger partial charge is 0.361 e. The van der Waals surface area contributed by atoms with Crippen LogP contribution in [-0.4, -0.2) is 57.1 Å². The molecule has 198 valence electrons. The molecule has 0 spiro atoms. The molecular weight excluding hydrogens is 514 g/mol. The maximum Gasteiger partial charge on any atom is 0.227 e. The van der Waals surface area contributed by atoms with Gasteiger partial charge in [-0.1, -0.05) is 37.3 Å². The minimum absolute atomic E-state index is 0.125. The van der Waals surface area contributed by atoms with E-state index in [1.165, 1.54) is 0 Å². The maximum atomic E-state index is 7.53. The van der Waals surface area contributed by atoms with E-state index in [9.17, 15) is 0 Å². The van der Waals surface area contributed by atoms with Gasteiger partial charge in [-0.25, -0.2) is 16.5 Å². The summed E-state index contributed by atoms with van der Waals surface area (Å²) in [4.78, 5) is 16.4. The Bertz CT molecular complexity index is 1530. The number of ether oxygens (including phenoxy) is 1. The van der Waals surface area contributed by atoms with Gasteiger partial charge in [-0.2, -0.15) is 5.10 Å². The number of rotatable bonds is 7. The summed E-state index contributed by atoms with van der Waals surface area (Å²) in [5, 5.41) is 6.08. The molecule has 0 radical (unpaired) electrons. The molecule has 0 N–H and O–H groups in total. The van der Waals surface area contributed by atoms with Crippen LogP contribution in [0.25, 0.3) is 38.0 Å². The molecule has 3 atom stereocenters. The lowest BCUT2D eigenvalue weighted by atomic mass is 9.98. The summed E-state index contributed by atoms with van der Waals surface area (Å²) in [6.45, 7) is 15.8. The van der Waals surface area contributed by atoms with Gasteiger partial charge in [-0.3, -0.25) is 4.68 Å². The maximum absolute atomic E-state index is 7.53. The SMILES string of the molecule is [C-]#[N+]C1C[C@H]2CC[C@@H](C1)N2c1cnc2c(-c3ccc4nn(C)cc4c3Cl)cn(COCC[Si](C)(C)C)c2n1.